The molecule has 2 amide bonds. The molecule has 10 heteroatoms. The van der Waals surface area contributed by atoms with Crippen molar-refractivity contribution in [2.45, 2.75) is 24.7 Å². The molecule has 2 aromatic heterocycles. The van der Waals surface area contributed by atoms with Crippen LogP contribution >= 0.6 is 0 Å². The van der Waals surface area contributed by atoms with Gasteiger partial charge in [0.05, 0.1) is 17.4 Å². The van der Waals surface area contributed by atoms with E-state index in [0.29, 0.717) is 29.8 Å². The number of halogens is 3. The van der Waals surface area contributed by atoms with Gasteiger partial charge in [0.2, 0.25) is 5.76 Å². The number of nitrogens with one attached hydrogen (secondary N) is 1. The van der Waals surface area contributed by atoms with E-state index in [4.69, 9.17) is 4.42 Å². The average Bonchev–Trinajstić information content (AvgIpc) is 3.31. The predicted molar refractivity (Wildman–Crippen MR) is 113 cm³/mol. The molecule has 4 heterocycles. The van der Waals surface area contributed by atoms with Gasteiger partial charge in [-0.1, -0.05) is 12.1 Å². The van der Waals surface area contributed by atoms with Crippen molar-refractivity contribution in [2.24, 2.45) is 0 Å². The highest BCUT2D eigenvalue weighted by Gasteiger charge is 2.48. The van der Waals surface area contributed by atoms with Gasteiger partial charge in [0.25, 0.3) is 11.8 Å². The predicted octanol–water partition coefficient (Wildman–Crippen LogP) is 4.40. The minimum absolute atomic E-state index is 0.182. The zero-order valence-corrected chi connectivity index (χ0v) is 17.3. The Balaban J connectivity index is 1.42. The van der Waals surface area contributed by atoms with Crippen molar-refractivity contribution in [3.8, 4) is 0 Å². The Bertz CT molecular complexity index is 1200. The van der Waals surface area contributed by atoms with Crippen LogP contribution in [-0.2, 0) is 6.18 Å². The third-order valence-corrected chi connectivity index (χ3v) is 6.03. The molecule has 3 aromatic rings. The summed E-state index contributed by atoms with van der Waals surface area (Å²) in [6.45, 7) is 0.445. The van der Waals surface area contributed by atoms with Gasteiger partial charge < -0.3 is 14.6 Å². The van der Waals surface area contributed by atoms with Crippen LogP contribution in [0.25, 0.3) is 0 Å². The molecular weight excluding hydrogens is 437 g/mol. The lowest BCUT2D eigenvalue weighted by Gasteiger charge is -2.51. The normalized spacial score (nSPS) is 17.6. The van der Waals surface area contributed by atoms with Gasteiger partial charge in [-0.25, -0.2) is 0 Å². The Labute approximate surface area is 186 Å². The Kier molecular flexibility index (Phi) is 4.88. The summed E-state index contributed by atoms with van der Waals surface area (Å²) in [7, 11) is 0. The number of benzene rings is 1. The highest BCUT2D eigenvalue weighted by molar-refractivity contribution is 6.12. The van der Waals surface area contributed by atoms with Crippen LogP contribution < -0.4 is 10.2 Å². The molecule has 1 N–H and O–H groups in total. The largest absolute Gasteiger partial charge is 0.449 e. The Hall–Kier alpha value is -3.82. The van der Waals surface area contributed by atoms with Crippen LogP contribution in [0.4, 0.5) is 24.5 Å². The van der Waals surface area contributed by atoms with Crippen molar-refractivity contribution in [1.82, 2.24) is 9.88 Å². The van der Waals surface area contributed by atoms with Crippen LogP contribution in [0, 0.1) is 0 Å². The number of piperidine rings is 1. The standard InChI is InChI=1S/C23H19F3N4O3/c24-23(25,26)19-8-7-18(33-19)21(32)29-12-9-22(10-13-29)28-17-6-2-1-5-16(17)20(31)30(22)15-4-3-11-27-14-15/h1-8,11,14,28H,9-10,12-13H2. The summed E-state index contributed by atoms with van der Waals surface area (Å²) in [5.74, 6) is -2.37. The molecule has 0 saturated carbocycles. The summed E-state index contributed by atoms with van der Waals surface area (Å²) in [4.78, 5) is 33.5. The van der Waals surface area contributed by atoms with Crippen LogP contribution in [0.1, 0.15) is 39.5 Å². The molecule has 7 nitrogen and oxygen atoms in total. The zero-order valence-electron chi connectivity index (χ0n) is 17.3. The van der Waals surface area contributed by atoms with Crippen molar-refractivity contribution < 1.29 is 27.2 Å². The summed E-state index contributed by atoms with van der Waals surface area (Å²) in [5, 5.41) is 3.48. The van der Waals surface area contributed by atoms with E-state index in [1.807, 2.05) is 12.1 Å². The Morgan fingerprint density at radius 3 is 2.48 bits per heavy atom. The van der Waals surface area contributed by atoms with Crippen LogP contribution in [0.5, 0.6) is 0 Å². The van der Waals surface area contributed by atoms with E-state index in [2.05, 4.69) is 10.3 Å². The zero-order chi connectivity index (χ0) is 23.2. The van der Waals surface area contributed by atoms with Gasteiger partial charge in [0, 0.05) is 37.8 Å². The van der Waals surface area contributed by atoms with Crippen LogP contribution in [0.3, 0.4) is 0 Å². The number of aromatic nitrogens is 1. The number of anilines is 2. The number of nitrogens with zero attached hydrogens (tertiary/aromatic N) is 3. The number of furan rings is 1. The molecule has 2 aliphatic rings. The van der Waals surface area contributed by atoms with Gasteiger partial charge in [-0.05, 0) is 36.4 Å². The van der Waals surface area contributed by atoms with E-state index in [1.165, 1.54) is 4.90 Å². The average molecular weight is 456 g/mol. The molecule has 1 aromatic carbocycles. The molecule has 0 unspecified atom stereocenters. The topological polar surface area (TPSA) is 78.7 Å². The molecule has 1 fully saturated rings. The van der Waals surface area contributed by atoms with Gasteiger partial charge in [-0.15, -0.1) is 0 Å². The first-order chi connectivity index (χ1) is 15.8. The Morgan fingerprint density at radius 1 is 1.06 bits per heavy atom. The molecule has 0 radical (unpaired) electrons. The third-order valence-electron chi connectivity index (χ3n) is 6.03. The first-order valence-corrected chi connectivity index (χ1v) is 10.4. The second-order valence-electron chi connectivity index (χ2n) is 8.01. The summed E-state index contributed by atoms with van der Waals surface area (Å²) in [5.41, 5.74) is 1.03. The highest BCUT2D eigenvalue weighted by Crippen LogP contribution is 2.40. The first kappa shape index (κ1) is 21.0. The first-order valence-electron chi connectivity index (χ1n) is 10.4. The van der Waals surface area contributed by atoms with E-state index < -0.39 is 23.5 Å². The maximum Gasteiger partial charge on any atom is 0.449 e. The molecule has 170 valence electrons. The number of fused-ring (bicyclic) bond motifs is 1. The van der Waals surface area contributed by atoms with E-state index in [0.717, 1.165) is 12.1 Å². The van der Waals surface area contributed by atoms with Crippen molar-refractivity contribution >= 4 is 23.2 Å². The molecule has 0 atom stereocenters. The molecule has 5 rings (SSSR count). The number of pyridine rings is 1. The molecule has 0 bridgehead atoms. The number of rotatable bonds is 2. The number of carbonyl (C=O) groups excluding carboxylic acids is 2. The van der Waals surface area contributed by atoms with Gasteiger partial charge in [0.15, 0.2) is 5.76 Å². The molecule has 1 saturated heterocycles. The maximum absolute atomic E-state index is 13.5. The number of amides is 2. The number of alkyl halides is 3. The lowest BCUT2D eigenvalue weighted by atomic mass is 9.89. The van der Waals surface area contributed by atoms with Crippen LogP contribution in [-0.4, -0.2) is 40.5 Å². The molecule has 1 spiro atoms. The van der Waals surface area contributed by atoms with Crippen molar-refractivity contribution in [1.29, 1.82) is 0 Å². The quantitative estimate of drug-likeness (QED) is 0.619. The van der Waals surface area contributed by atoms with Gasteiger partial charge in [-0.2, -0.15) is 13.2 Å². The fourth-order valence-electron chi connectivity index (χ4n) is 4.44. The van der Waals surface area contributed by atoms with Crippen LogP contribution in [0.15, 0.2) is 65.3 Å². The second-order valence-corrected chi connectivity index (χ2v) is 8.01. The lowest BCUT2D eigenvalue weighted by Crippen LogP contribution is -2.65. The summed E-state index contributed by atoms with van der Waals surface area (Å²) >= 11 is 0. The molecular formula is C23H19F3N4O3. The minimum atomic E-state index is -4.66. The maximum atomic E-state index is 13.5. The molecule has 0 aliphatic carbocycles. The smallest absolute Gasteiger partial charge is 0.446 e. The summed E-state index contributed by atoms with van der Waals surface area (Å²) < 4.78 is 43.3. The van der Waals surface area contributed by atoms with E-state index in [-0.39, 0.29) is 24.8 Å². The fourth-order valence-corrected chi connectivity index (χ4v) is 4.44. The minimum Gasteiger partial charge on any atom is -0.446 e. The van der Waals surface area contributed by atoms with Gasteiger partial charge >= 0.3 is 6.18 Å². The number of hydrogen-bond donors (Lipinski definition) is 1. The number of carbonyl (C=O) groups is 2. The lowest BCUT2D eigenvalue weighted by molar-refractivity contribution is -0.153. The molecule has 2 aliphatic heterocycles. The summed E-state index contributed by atoms with van der Waals surface area (Å²) in [6, 6.07) is 12.5. The summed E-state index contributed by atoms with van der Waals surface area (Å²) in [6.07, 6.45) is -0.713. The van der Waals surface area contributed by atoms with Crippen molar-refractivity contribution in [3.05, 3.63) is 78.0 Å². The van der Waals surface area contributed by atoms with Crippen LogP contribution in [0.2, 0.25) is 0 Å². The van der Waals surface area contributed by atoms with Gasteiger partial charge in [0.1, 0.15) is 5.66 Å². The monoisotopic (exact) mass is 456 g/mol. The number of likely N-dealkylation sites (tertiary alicyclic amines) is 1. The van der Waals surface area contributed by atoms with Crippen molar-refractivity contribution in [2.75, 3.05) is 23.3 Å². The second kappa shape index (κ2) is 7.65. The molecule has 33 heavy (non-hydrogen) atoms. The van der Waals surface area contributed by atoms with E-state index >= 15 is 0 Å². The Morgan fingerprint density at radius 2 is 1.82 bits per heavy atom. The number of hydrogen-bond acceptors (Lipinski definition) is 5. The van der Waals surface area contributed by atoms with E-state index in [1.54, 1.807) is 41.6 Å². The van der Waals surface area contributed by atoms with E-state index in [9.17, 15) is 22.8 Å². The van der Waals surface area contributed by atoms with Gasteiger partial charge in [-0.3, -0.25) is 19.5 Å². The SMILES string of the molecule is O=C(c1ccc(C(F)(F)F)o1)N1CCC2(CC1)Nc1ccccc1C(=O)N2c1cccnc1. The highest BCUT2D eigenvalue weighted by atomic mass is 19.4. The van der Waals surface area contributed by atoms with Crippen molar-refractivity contribution in [3.63, 3.8) is 0 Å². The number of para-hydroxylation sites is 1. The fraction of sp³-hybridized carbons (Fsp3) is 0.261. The third kappa shape index (κ3) is 3.61.